The van der Waals surface area contributed by atoms with E-state index in [1.54, 1.807) is 7.11 Å². The number of methoxy groups -OCH3 is 1. The van der Waals surface area contributed by atoms with E-state index < -0.39 is 5.41 Å². The van der Waals surface area contributed by atoms with Gasteiger partial charge in [-0.3, -0.25) is 4.79 Å². The lowest BCUT2D eigenvalue weighted by molar-refractivity contribution is -0.149. The predicted octanol–water partition coefficient (Wildman–Crippen LogP) is 3.76. The first-order valence-electron chi connectivity index (χ1n) is 7.46. The molecule has 0 aliphatic rings. The van der Waals surface area contributed by atoms with Gasteiger partial charge in [-0.25, -0.2) is 0 Å². The topological polar surface area (TPSA) is 35.5 Å². The van der Waals surface area contributed by atoms with Crippen LogP contribution < -0.4 is 4.74 Å². The van der Waals surface area contributed by atoms with Gasteiger partial charge in [-0.05, 0) is 43.5 Å². The van der Waals surface area contributed by atoms with Crippen molar-refractivity contribution in [1.29, 1.82) is 0 Å². The first-order chi connectivity index (χ1) is 10.6. The van der Waals surface area contributed by atoms with Gasteiger partial charge in [0, 0.05) is 0 Å². The van der Waals surface area contributed by atoms with Crippen LogP contribution in [0, 0.1) is 0 Å². The Morgan fingerprint density at radius 3 is 2.23 bits per heavy atom. The van der Waals surface area contributed by atoms with E-state index in [1.807, 2.05) is 68.4 Å². The molecular weight excluding hydrogens is 276 g/mol. The van der Waals surface area contributed by atoms with Crippen LogP contribution in [0.3, 0.4) is 0 Å². The summed E-state index contributed by atoms with van der Waals surface area (Å²) in [5.41, 5.74) is 1.33. The number of benzene rings is 2. The lowest BCUT2D eigenvalue weighted by Crippen LogP contribution is -2.36. The molecule has 0 fully saturated rings. The highest BCUT2D eigenvalue weighted by Gasteiger charge is 2.36. The second kappa shape index (κ2) is 7.12. The maximum Gasteiger partial charge on any atom is 0.316 e. The fourth-order valence-electron chi connectivity index (χ4n) is 2.54. The fourth-order valence-corrected chi connectivity index (χ4v) is 2.54. The van der Waals surface area contributed by atoms with Crippen molar-refractivity contribution >= 4 is 5.97 Å². The van der Waals surface area contributed by atoms with Crippen molar-refractivity contribution in [3.05, 3.63) is 65.7 Å². The number of ether oxygens (including phenoxy) is 2. The molecule has 1 unspecified atom stereocenters. The summed E-state index contributed by atoms with van der Waals surface area (Å²) in [7, 11) is 1.64. The van der Waals surface area contributed by atoms with Crippen LogP contribution in [0.1, 0.15) is 25.0 Å². The van der Waals surface area contributed by atoms with E-state index in [9.17, 15) is 4.79 Å². The fraction of sp³-hybridized carbons (Fsp3) is 0.316. The number of carbonyl (C=O) groups excluding carboxylic acids is 1. The molecule has 0 bridgehead atoms. The summed E-state index contributed by atoms with van der Waals surface area (Å²) in [6.45, 7) is 4.14. The second-order valence-corrected chi connectivity index (χ2v) is 5.44. The molecule has 0 aromatic heterocycles. The zero-order valence-corrected chi connectivity index (χ0v) is 13.3. The Bertz CT molecular complexity index is 604. The predicted molar refractivity (Wildman–Crippen MR) is 87.1 cm³/mol. The molecule has 3 heteroatoms. The van der Waals surface area contributed by atoms with E-state index >= 15 is 0 Å². The Morgan fingerprint density at radius 2 is 1.68 bits per heavy atom. The molecule has 1 atom stereocenters. The van der Waals surface area contributed by atoms with E-state index in [0.29, 0.717) is 13.0 Å². The van der Waals surface area contributed by atoms with Crippen LogP contribution in [0.5, 0.6) is 5.75 Å². The van der Waals surface area contributed by atoms with Crippen LogP contribution in [0.4, 0.5) is 0 Å². The van der Waals surface area contributed by atoms with Crippen molar-refractivity contribution in [1.82, 2.24) is 0 Å². The Hall–Kier alpha value is -2.29. The molecular formula is C19H22O3. The third-order valence-electron chi connectivity index (χ3n) is 3.85. The summed E-state index contributed by atoms with van der Waals surface area (Å²) in [5, 5.41) is 0. The van der Waals surface area contributed by atoms with Crippen molar-refractivity contribution in [2.45, 2.75) is 25.7 Å². The normalized spacial score (nSPS) is 13.2. The third-order valence-corrected chi connectivity index (χ3v) is 3.85. The van der Waals surface area contributed by atoms with Crippen LogP contribution >= 0.6 is 0 Å². The first-order valence-corrected chi connectivity index (χ1v) is 7.46. The number of esters is 1. The first kappa shape index (κ1) is 16.1. The van der Waals surface area contributed by atoms with E-state index in [4.69, 9.17) is 9.47 Å². The Kier molecular flexibility index (Phi) is 5.21. The molecule has 3 nitrogen and oxygen atoms in total. The lowest BCUT2D eigenvalue weighted by atomic mass is 9.77. The van der Waals surface area contributed by atoms with Gasteiger partial charge < -0.3 is 9.47 Å². The second-order valence-electron chi connectivity index (χ2n) is 5.44. The van der Waals surface area contributed by atoms with Gasteiger partial charge in [0.1, 0.15) is 5.75 Å². The number of hydrogen-bond donors (Lipinski definition) is 0. The summed E-state index contributed by atoms with van der Waals surface area (Å²) >= 11 is 0. The van der Waals surface area contributed by atoms with E-state index in [1.165, 1.54) is 0 Å². The van der Waals surface area contributed by atoms with Crippen molar-refractivity contribution in [3.8, 4) is 5.75 Å². The molecule has 0 saturated carbocycles. The van der Waals surface area contributed by atoms with Crippen LogP contribution in [-0.4, -0.2) is 19.7 Å². The standard InChI is InChI=1S/C19H22O3/c1-4-22-18(20)19(2,16-8-6-5-7-9-16)14-15-10-12-17(21-3)13-11-15/h5-13H,4,14H2,1-3H3. The SMILES string of the molecule is CCOC(=O)C(C)(Cc1ccc(OC)cc1)c1ccccc1. The molecule has 0 aliphatic carbocycles. The summed E-state index contributed by atoms with van der Waals surface area (Å²) in [6.07, 6.45) is 0.583. The average molecular weight is 298 g/mol. The largest absolute Gasteiger partial charge is 0.497 e. The number of carbonyl (C=O) groups is 1. The van der Waals surface area contributed by atoms with E-state index in [2.05, 4.69) is 0 Å². The molecule has 2 aromatic carbocycles. The highest BCUT2D eigenvalue weighted by Crippen LogP contribution is 2.30. The van der Waals surface area contributed by atoms with Crippen LogP contribution in [0.15, 0.2) is 54.6 Å². The number of rotatable bonds is 6. The van der Waals surface area contributed by atoms with Gasteiger partial charge in [0.25, 0.3) is 0 Å². The highest BCUT2D eigenvalue weighted by molar-refractivity contribution is 5.83. The average Bonchev–Trinajstić information content (AvgIpc) is 2.56. The molecule has 0 heterocycles. The molecule has 2 rings (SSSR count). The molecule has 22 heavy (non-hydrogen) atoms. The van der Waals surface area contributed by atoms with Crippen LogP contribution in [0.2, 0.25) is 0 Å². The molecule has 0 aliphatic heterocycles. The van der Waals surface area contributed by atoms with Gasteiger partial charge in [0.05, 0.1) is 19.1 Å². The minimum atomic E-state index is -0.703. The van der Waals surface area contributed by atoms with Crippen LogP contribution in [-0.2, 0) is 21.4 Å². The van der Waals surface area contributed by atoms with Crippen molar-refractivity contribution in [3.63, 3.8) is 0 Å². The third kappa shape index (κ3) is 3.48. The van der Waals surface area contributed by atoms with Gasteiger partial charge in [-0.1, -0.05) is 42.5 Å². The quantitative estimate of drug-likeness (QED) is 0.762. The summed E-state index contributed by atoms with van der Waals surface area (Å²) in [6, 6.07) is 17.6. The molecule has 0 saturated heterocycles. The van der Waals surface area contributed by atoms with Crippen molar-refractivity contribution in [2.75, 3.05) is 13.7 Å². The van der Waals surface area contributed by atoms with E-state index in [0.717, 1.165) is 16.9 Å². The summed E-state index contributed by atoms with van der Waals surface area (Å²) in [5.74, 6) is 0.610. The van der Waals surface area contributed by atoms with Gasteiger partial charge in [0.15, 0.2) is 0 Å². The Balaban J connectivity index is 2.33. The molecule has 0 N–H and O–H groups in total. The molecule has 0 spiro atoms. The summed E-state index contributed by atoms with van der Waals surface area (Å²) in [4.78, 5) is 12.5. The minimum absolute atomic E-state index is 0.197. The zero-order valence-electron chi connectivity index (χ0n) is 13.3. The molecule has 0 radical (unpaired) electrons. The van der Waals surface area contributed by atoms with Crippen LogP contribution in [0.25, 0.3) is 0 Å². The molecule has 2 aromatic rings. The maximum atomic E-state index is 12.5. The Labute approximate surface area is 131 Å². The van der Waals surface area contributed by atoms with Crippen molar-refractivity contribution < 1.29 is 14.3 Å². The minimum Gasteiger partial charge on any atom is -0.497 e. The summed E-state index contributed by atoms with van der Waals surface area (Å²) < 4.78 is 10.5. The highest BCUT2D eigenvalue weighted by atomic mass is 16.5. The lowest BCUT2D eigenvalue weighted by Gasteiger charge is -2.28. The maximum absolute atomic E-state index is 12.5. The smallest absolute Gasteiger partial charge is 0.316 e. The molecule has 0 amide bonds. The molecule has 116 valence electrons. The van der Waals surface area contributed by atoms with Gasteiger partial charge in [0.2, 0.25) is 0 Å². The zero-order chi connectivity index (χ0) is 16.0. The Morgan fingerprint density at radius 1 is 1.05 bits per heavy atom. The van der Waals surface area contributed by atoms with E-state index in [-0.39, 0.29) is 5.97 Å². The number of hydrogen-bond acceptors (Lipinski definition) is 3. The van der Waals surface area contributed by atoms with Crippen molar-refractivity contribution in [2.24, 2.45) is 0 Å². The van der Waals surface area contributed by atoms with Gasteiger partial charge >= 0.3 is 5.97 Å². The van der Waals surface area contributed by atoms with Gasteiger partial charge in [-0.2, -0.15) is 0 Å². The monoisotopic (exact) mass is 298 g/mol. The van der Waals surface area contributed by atoms with Gasteiger partial charge in [-0.15, -0.1) is 0 Å².